The van der Waals surface area contributed by atoms with Gasteiger partial charge in [-0.25, -0.2) is 9.78 Å². The van der Waals surface area contributed by atoms with E-state index in [1.165, 1.54) is 63.6 Å². The lowest BCUT2D eigenvalue weighted by Gasteiger charge is -2.36. The van der Waals surface area contributed by atoms with E-state index in [9.17, 15) is 23.1 Å². The number of esters is 1. The van der Waals surface area contributed by atoms with Crippen LogP contribution in [0.25, 0.3) is 11.1 Å². The van der Waals surface area contributed by atoms with Crippen LogP contribution in [0.3, 0.4) is 0 Å². The number of halogens is 5. The Morgan fingerprint density at radius 3 is 2.29 bits per heavy atom. The number of alkyl halides is 3. The number of ether oxygens (including phenoxy) is 2. The van der Waals surface area contributed by atoms with Crippen molar-refractivity contribution in [3.63, 3.8) is 0 Å². The Labute approximate surface area is 204 Å². The molecule has 3 aromatic rings. The van der Waals surface area contributed by atoms with E-state index in [-0.39, 0.29) is 22.0 Å². The predicted octanol–water partition coefficient (Wildman–Crippen LogP) is 6.40. The number of pyridine rings is 1. The van der Waals surface area contributed by atoms with Crippen LogP contribution in [0.1, 0.15) is 34.3 Å². The quantitative estimate of drug-likeness (QED) is 0.386. The molecule has 3 rings (SSSR count). The van der Waals surface area contributed by atoms with Crippen LogP contribution in [0.4, 0.5) is 13.2 Å². The van der Waals surface area contributed by atoms with Crippen LogP contribution >= 0.6 is 23.2 Å². The first-order chi connectivity index (χ1) is 15.9. The normalized spacial score (nSPS) is 14.3. The van der Waals surface area contributed by atoms with Gasteiger partial charge < -0.3 is 14.6 Å². The molecular weight excluding hydrogens is 494 g/mol. The molecule has 10 heteroatoms. The molecule has 0 spiro atoms. The Morgan fingerprint density at radius 1 is 1.06 bits per heavy atom. The van der Waals surface area contributed by atoms with Gasteiger partial charge in [-0.05, 0) is 47.0 Å². The summed E-state index contributed by atoms with van der Waals surface area (Å²) >= 11 is 12.5. The Kier molecular flexibility index (Phi) is 7.45. The summed E-state index contributed by atoms with van der Waals surface area (Å²) in [6, 6.07) is 11.1. The maximum atomic E-state index is 14.2. The highest BCUT2D eigenvalue weighted by Gasteiger charge is 2.59. The van der Waals surface area contributed by atoms with E-state index < -0.39 is 29.2 Å². The van der Waals surface area contributed by atoms with E-state index in [0.717, 1.165) is 12.3 Å². The molecule has 0 fully saturated rings. The first-order valence-corrected chi connectivity index (χ1v) is 10.7. The summed E-state index contributed by atoms with van der Waals surface area (Å²) in [6.07, 6.45) is -4.13. The lowest BCUT2D eigenvalue weighted by atomic mass is 9.78. The molecule has 2 atom stereocenters. The molecule has 5 nitrogen and oxygen atoms in total. The van der Waals surface area contributed by atoms with E-state index in [1.54, 1.807) is 0 Å². The summed E-state index contributed by atoms with van der Waals surface area (Å²) in [7, 11) is 2.55. The second-order valence-electron chi connectivity index (χ2n) is 7.49. The van der Waals surface area contributed by atoms with Crippen molar-refractivity contribution in [2.24, 2.45) is 0 Å². The number of nitrogens with zero attached hydrogens (tertiary/aromatic N) is 1. The van der Waals surface area contributed by atoms with Gasteiger partial charge >= 0.3 is 12.1 Å². The molecule has 2 unspecified atom stereocenters. The third-order valence-corrected chi connectivity index (χ3v) is 6.17. The summed E-state index contributed by atoms with van der Waals surface area (Å²) in [6.45, 7) is 1.22. The summed E-state index contributed by atoms with van der Waals surface area (Å²) in [5, 5.41) is 11.3. The van der Waals surface area contributed by atoms with Crippen molar-refractivity contribution in [2.75, 3.05) is 14.2 Å². The topological polar surface area (TPSA) is 68.7 Å². The fraction of sp³-hybridized carbons (Fsp3) is 0.250. The van der Waals surface area contributed by atoms with Crippen molar-refractivity contribution in [3.8, 4) is 17.0 Å². The number of aliphatic hydroxyl groups is 1. The van der Waals surface area contributed by atoms with E-state index in [0.29, 0.717) is 16.1 Å². The first kappa shape index (κ1) is 25.8. The average Bonchev–Trinajstić information content (AvgIpc) is 2.81. The number of hydrogen-bond donors (Lipinski definition) is 1. The molecule has 0 aliphatic rings. The zero-order valence-electron chi connectivity index (χ0n) is 18.3. The third-order valence-electron chi connectivity index (χ3n) is 5.61. The van der Waals surface area contributed by atoms with Crippen LogP contribution in [-0.2, 0) is 10.3 Å². The minimum absolute atomic E-state index is 0.0371. The van der Waals surface area contributed by atoms with E-state index in [4.69, 9.17) is 32.7 Å². The fourth-order valence-electron chi connectivity index (χ4n) is 3.70. The highest BCUT2D eigenvalue weighted by atomic mass is 35.5. The molecule has 0 bridgehead atoms. The first-order valence-electron chi connectivity index (χ1n) is 9.91. The fourth-order valence-corrected chi connectivity index (χ4v) is 4.22. The molecule has 2 aromatic carbocycles. The van der Waals surface area contributed by atoms with Gasteiger partial charge in [-0.3, -0.25) is 0 Å². The minimum atomic E-state index is -5.05. The highest BCUT2D eigenvalue weighted by molar-refractivity contribution is 6.32. The lowest BCUT2D eigenvalue weighted by molar-refractivity contribution is -0.274. The molecule has 1 heterocycles. The summed E-state index contributed by atoms with van der Waals surface area (Å²) in [5.41, 5.74) is -2.67. The van der Waals surface area contributed by atoms with Gasteiger partial charge in [-0.2, -0.15) is 13.2 Å². The zero-order chi connectivity index (χ0) is 25.3. The van der Waals surface area contributed by atoms with Gasteiger partial charge in [-0.1, -0.05) is 42.3 Å². The monoisotopic (exact) mass is 513 g/mol. The Bertz CT molecular complexity index is 1200. The molecular formula is C24H20Cl2F3NO4. The van der Waals surface area contributed by atoms with Crippen molar-refractivity contribution in [1.29, 1.82) is 0 Å². The predicted molar refractivity (Wildman–Crippen MR) is 122 cm³/mol. The van der Waals surface area contributed by atoms with Gasteiger partial charge in [-0.15, -0.1) is 0 Å². The van der Waals surface area contributed by atoms with E-state index >= 15 is 0 Å². The third kappa shape index (κ3) is 4.71. The van der Waals surface area contributed by atoms with Crippen molar-refractivity contribution in [1.82, 2.24) is 4.98 Å². The maximum Gasteiger partial charge on any atom is 0.422 e. The Hall–Kier alpha value is -2.81. The standard InChI is InChI=1S/C24H20Cl2F3NO4/c1-13(23(32,24(27,28)29)15-5-9-21(33-2)30-12-15)17-7-4-14(10-20(17)26)19-11-16(25)6-8-18(19)22(31)34-3/h4-13,32H,1-3H3. The van der Waals surface area contributed by atoms with Gasteiger partial charge in [0.1, 0.15) is 0 Å². The van der Waals surface area contributed by atoms with Crippen LogP contribution in [0.5, 0.6) is 5.88 Å². The molecule has 0 amide bonds. The maximum absolute atomic E-state index is 14.2. The Morgan fingerprint density at radius 2 is 1.76 bits per heavy atom. The highest BCUT2D eigenvalue weighted by Crippen LogP contribution is 2.50. The number of methoxy groups -OCH3 is 2. The van der Waals surface area contributed by atoms with Crippen molar-refractivity contribution >= 4 is 29.2 Å². The van der Waals surface area contributed by atoms with Crippen molar-refractivity contribution in [2.45, 2.75) is 24.6 Å². The summed E-state index contributed by atoms with van der Waals surface area (Å²) in [5.74, 6) is -2.02. The van der Waals surface area contributed by atoms with Crippen LogP contribution in [0.15, 0.2) is 54.7 Å². The van der Waals surface area contributed by atoms with Gasteiger partial charge in [0.25, 0.3) is 0 Å². The molecule has 0 aliphatic carbocycles. The molecule has 0 radical (unpaired) electrons. The molecule has 0 saturated heterocycles. The van der Waals surface area contributed by atoms with Gasteiger partial charge in [0.2, 0.25) is 5.88 Å². The smallest absolute Gasteiger partial charge is 0.422 e. The van der Waals surface area contributed by atoms with Crippen LogP contribution < -0.4 is 4.74 Å². The summed E-state index contributed by atoms with van der Waals surface area (Å²) in [4.78, 5) is 16.0. The molecule has 180 valence electrons. The van der Waals surface area contributed by atoms with Crippen LogP contribution in [-0.4, -0.2) is 36.5 Å². The average molecular weight is 514 g/mol. The number of carbonyl (C=O) groups is 1. The number of rotatable bonds is 6. The Balaban J connectivity index is 2.10. The minimum Gasteiger partial charge on any atom is -0.481 e. The molecule has 34 heavy (non-hydrogen) atoms. The van der Waals surface area contributed by atoms with Gasteiger partial charge in [0, 0.05) is 33.8 Å². The molecule has 0 aliphatic heterocycles. The molecule has 1 N–H and O–H groups in total. The lowest BCUT2D eigenvalue weighted by Crippen LogP contribution is -2.46. The van der Waals surface area contributed by atoms with E-state index in [2.05, 4.69) is 4.98 Å². The second-order valence-corrected chi connectivity index (χ2v) is 8.34. The SMILES string of the molecule is COC(=O)c1ccc(Cl)cc1-c1ccc(C(C)C(O)(c2ccc(OC)nc2)C(F)(F)F)c(Cl)c1. The molecule has 0 saturated carbocycles. The number of benzene rings is 2. The number of carbonyl (C=O) groups excluding carboxylic acids is 1. The number of hydrogen-bond acceptors (Lipinski definition) is 5. The zero-order valence-corrected chi connectivity index (χ0v) is 19.8. The molecule has 1 aromatic heterocycles. The largest absolute Gasteiger partial charge is 0.481 e. The summed E-state index contributed by atoms with van der Waals surface area (Å²) < 4.78 is 52.3. The van der Waals surface area contributed by atoms with Crippen LogP contribution in [0.2, 0.25) is 10.0 Å². The van der Waals surface area contributed by atoms with E-state index in [1.807, 2.05) is 0 Å². The van der Waals surface area contributed by atoms with Crippen molar-refractivity contribution < 1.29 is 32.5 Å². The van der Waals surface area contributed by atoms with Crippen LogP contribution in [0, 0.1) is 0 Å². The van der Waals surface area contributed by atoms with Gasteiger partial charge in [0.15, 0.2) is 5.60 Å². The second kappa shape index (κ2) is 9.82. The van der Waals surface area contributed by atoms with Crippen molar-refractivity contribution in [3.05, 3.63) is 81.5 Å². The van der Waals surface area contributed by atoms with Gasteiger partial charge in [0.05, 0.1) is 19.8 Å². The number of aromatic nitrogens is 1.